The number of amides is 1. The fourth-order valence-electron chi connectivity index (χ4n) is 2.02. The number of nitrogens with zero attached hydrogens (tertiary/aromatic N) is 2. The molecule has 1 aromatic carbocycles. The number of hydrogen-bond acceptors (Lipinski definition) is 4. The molecule has 0 fully saturated rings. The second kappa shape index (κ2) is 6.78. The first kappa shape index (κ1) is 14.9. The van der Waals surface area contributed by atoms with Gasteiger partial charge in [-0.05, 0) is 18.6 Å². The summed E-state index contributed by atoms with van der Waals surface area (Å²) in [5, 5.41) is 10.2. The van der Waals surface area contributed by atoms with E-state index in [2.05, 4.69) is 15.7 Å². The molecule has 2 N–H and O–H groups in total. The summed E-state index contributed by atoms with van der Waals surface area (Å²) >= 11 is 0. The number of benzene rings is 1. The van der Waals surface area contributed by atoms with Crippen molar-refractivity contribution in [2.75, 3.05) is 24.3 Å². The van der Waals surface area contributed by atoms with Crippen LogP contribution in [0.15, 0.2) is 30.5 Å². The Morgan fingerprint density at radius 2 is 2.24 bits per heavy atom. The molecule has 0 unspecified atom stereocenters. The van der Waals surface area contributed by atoms with Crippen molar-refractivity contribution < 1.29 is 9.53 Å². The van der Waals surface area contributed by atoms with Gasteiger partial charge in [0.15, 0.2) is 0 Å². The Hall–Kier alpha value is -2.50. The standard InChI is InChI=1S/C15H20N4O2/c1-4-13-14(10-19(2)18-13)16-9-15(20)17-11-6-5-7-12(8-11)21-3/h5-8,10,16H,4,9H2,1-3H3,(H,17,20). The van der Waals surface area contributed by atoms with Crippen LogP contribution in [0.2, 0.25) is 0 Å². The predicted molar refractivity (Wildman–Crippen MR) is 82.7 cm³/mol. The van der Waals surface area contributed by atoms with E-state index in [1.807, 2.05) is 38.4 Å². The zero-order chi connectivity index (χ0) is 15.2. The van der Waals surface area contributed by atoms with Crippen LogP contribution in [-0.2, 0) is 18.3 Å². The van der Waals surface area contributed by atoms with E-state index in [0.29, 0.717) is 11.4 Å². The van der Waals surface area contributed by atoms with E-state index in [9.17, 15) is 4.79 Å². The Labute approximate surface area is 124 Å². The molecule has 0 radical (unpaired) electrons. The lowest BCUT2D eigenvalue weighted by Crippen LogP contribution is -2.22. The molecule has 0 saturated heterocycles. The molecule has 2 rings (SSSR count). The fraction of sp³-hybridized carbons (Fsp3) is 0.333. The number of aromatic nitrogens is 2. The van der Waals surface area contributed by atoms with Gasteiger partial charge in [0.05, 0.1) is 25.0 Å². The highest BCUT2D eigenvalue weighted by molar-refractivity contribution is 5.93. The smallest absolute Gasteiger partial charge is 0.243 e. The molecule has 0 atom stereocenters. The summed E-state index contributed by atoms with van der Waals surface area (Å²) in [7, 11) is 3.46. The highest BCUT2D eigenvalue weighted by atomic mass is 16.5. The van der Waals surface area contributed by atoms with Gasteiger partial charge < -0.3 is 15.4 Å². The first-order chi connectivity index (χ1) is 10.1. The van der Waals surface area contributed by atoms with Crippen molar-refractivity contribution in [2.24, 2.45) is 7.05 Å². The molecule has 112 valence electrons. The monoisotopic (exact) mass is 288 g/mol. The Kier molecular flexibility index (Phi) is 4.81. The van der Waals surface area contributed by atoms with Crippen LogP contribution in [0.25, 0.3) is 0 Å². The van der Waals surface area contributed by atoms with Gasteiger partial charge in [-0.3, -0.25) is 9.48 Å². The summed E-state index contributed by atoms with van der Waals surface area (Å²) in [5.74, 6) is 0.593. The number of methoxy groups -OCH3 is 1. The number of carbonyl (C=O) groups excluding carboxylic acids is 1. The lowest BCUT2D eigenvalue weighted by atomic mass is 10.3. The second-order valence-electron chi connectivity index (χ2n) is 4.65. The molecule has 0 aliphatic heterocycles. The normalized spacial score (nSPS) is 10.2. The summed E-state index contributed by atoms with van der Waals surface area (Å²) in [6, 6.07) is 7.26. The van der Waals surface area contributed by atoms with Crippen molar-refractivity contribution in [2.45, 2.75) is 13.3 Å². The zero-order valence-corrected chi connectivity index (χ0v) is 12.5. The van der Waals surface area contributed by atoms with Gasteiger partial charge in [-0.1, -0.05) is 13.0 Å². The van der Waals surface area contributed by atoms with Crippen LogP contribution in [-0.4, -0.2) is 29.3 Å². The first-order valence-electron chi connectivity index (χ1n) is 6.82. The first-order valence-corrected chi connectivity index (χ1v) is 6.82. The molecule has 0 bridgehead atoms. The molecule has 6 nitrogen and oxygen atoms in total. The number of carbonyl (C=O) groups is 1. The van der Waals surface area contributed by atoms with Gasteiger partial charge in [-0.15, -0.1) is 0 Å². The van der Waals surface area contributed by atoms with Crippen molar-refractivity contribution in [3.05, 3.63) is 36.2 Å². The highest BCUT2D eigenvalue weighted by Gasteiger charge is 2.08. The quantitative estimate of drug-likeness (QED) is 0.853. The fourth-order valence-corrected chi connectivity index (χ4v) is 2.02. The summed E-state index contributed by atoms with van der Waals surface area (Å²) in [5.41, 5.74) is 2.55. The van der Waals surface area contributed by atoms with E-state index in [4.69, 9.17) is 4.74 Å². The third kappa shape index (κ3) is 3.98. The predicted octanol–water partition coefficient (Wildman–Crippen LogP) is 2.04. The van der Waals surface area contributed by atoms with Gasteiger partial charge in [0.1, 0.15) is 5.75 Å². The Bertz CT molecular complexity index is 622. The third-order valence-electron chi connectivity index (χ3n) is 3.03. The van der Waals surface area contributed by atoms with E-state index in [-0.39, 0.29) is 12.5 Å². The minimum Gasteiger partial charge on any atom is -0.497 e. The minimum atomic E-state index is -0.117. The molecular formula is C15H20N4O2. The van der Waals surface area contributed by atoms with Crippen molar-refractivity contribution >= 4 is 17.3 Å². The molecule has 2 aromatic rings. The molecule has 0 aliphatic carbocycles. The van der Waals surface area contributed by atoms with Crippen molar-refractivity contribution in [3.63, 3.8) is 0 Å². The van der Waals surface area contributed by atoms with Crippen molar-refractivity contribution in [1.29, 1.82) is 0 Å². The van der Waals surface area contributed by atoms with Crippen molar-refractivity contribution in [3.8, 4) is 5.75 Å². The number of anilines is 2. The molecule has 0 spiro atoms. The average Bonchev–Trinajstić information content (AvgIpc) is 2.85. The Balaban J connectivity index is 1.92. The number of rotatable bonds is 6. The summed E-state index contributed by atoms with van der Waals surface area (Å²) in [6.07, 6.45) is 2.69. The van der Waals surface area contributed by atoms with Crippen LogP contribution in [0.5, 0.6) is 5.75 Å². The molecule has 0 saturated carbocycles. The summed E-state index contributed by atoms with van der Waals surface area (Å²) in [4.78, 5) is 12.0. The maximum absolute atomic E-state index is 12.0. The average molecular weight is 288 g/mol. The van der Waals surface area contributed by atoms with Gasteiger partial charge >= 0.3 is 0 Å². The van der Waals surface area contributed by atoms with E-state index < -0.39 is 0 Å². The lowest BCUT2D eigenvalue weighted by molar-refractivity contribution is -0.114. The summed E-state index contributed by atoms with van der Waals surface area (Å²) < 4.78 is 6.86. The molecule has 1 amide bonds. The molecule has 0 aliphatic rings. The number of ether oxygens (including phenoxy) is 1. The third-order valence-corrected chi connectivity index (χ3v) is 3.03. The summed E-state index contributed by atoms with van der Waals surface area (Å²) in [6.45, 7) is 2.22. The van der Waals surface area contributed by atoms with Gasteiger partial charge in [0.25, 0.3) is 0 Å². The topological polar surface area (TPSA) is 68.2 Å². The van der Waals surface area contributed by atoms with Crippen LogP contribution in [0.4, 0.5) is 11.4 Å². The van der Waals surface area contributed by atoms with E-state index in [0.717, 1.165) is 17.8 Å². The zero-order valence-electron chi connectivity index (χ0n) is 12.5. The van der Waals surface area contributed by atoms with Crippen molar-refractivity contribution in [1.82, 2.24) is 9.78 Å². The van der Waals surface area contributed by atoms with Crippen LogP contribution >= 0.6 is 0 Å². The van der Waals surface area contributed by atoms with Crippen LogP contribution in [0.1, 0.15) is 12.6 Å². The molecule has 21 heavy (non-hydrogen) atoms. The van der Waals surface area contributed by atoms with Crippen LogP contribution < -0.4 is 15.4 Å². The van der Waals surface area contributed by atoms with Gasteiger partial charge in [0, 0.05) is 25.0 Å². The lowest BCUT2D eigenvalue weighted by Gasteiger charge is -2.08. The van der Waals surface area contributed by atoms with Gasteiger partial charge in [-0.2, -0.15) is 5.10 Å². The minimum absolute atomic E-state index is 0.117. The van der Waals surface area contributed by atoms with E-state index in [1.54, 1.807) is 17.9 Å². The van der Waals surface area contributed by atoms with Gasteiger partial charge in [0.2, 0.25) is 5.91 Å². The highest BCUT2D eigenvalue weighted by Crippen LogP contribution is 2.17. The molecule has 1 aromatic heterocycles. The Morgan fingerprint density at radius 3 is 2.95 bits per heavy atom. The maximum Gasteiger partial charge on any atom is 0.243 e. The van der Waals surface area contributed by atoms with E-state index >= 15 is 0 Å². The van der Waals surface area contributed by atoms with E-state index in [1.165, 1.54) is 0 Å². The molecule has 1 heterocycles. The number of aryl methyl sites for hydroxylation is 2. The SMILES string of the molecule is CCc1nn(C)cc1NCC(=O)Nc1cccc(OC)c1. The maximum atomic E-state index is 12.0. The number of hydrogen-bond donors (Lipinski definition) is 2. The van der Waals surface area contributed by atoms with Gasteiger partial charge in [-0.25, -0.2) is 0 Å². The van der Waals surface area contributed by atoms with Crippen LogP contribution in [0, 0.1) is 0 Å². The molecule has 6 heteroatoms. The largest absolute Gasteiger partial charge is 0.497 e. The Morgan fingerprint density at radius 1 is 1.43 bits per heavy atom. The number of nitrogens with one attached hydrogen (secondary N) is 2. The second-order valence-corrected chi connectivity index (χ2v) is 4.65. The molecular weight excluding hydrogens is 268 g/mol. The van der Waals surface area contributed by atoms with Crippen LogP contribution in [0.3, 0.4) is 0 Å².